The second-order valence-electron chi connectivity index (χ2n) is 6.70. The van der Waals surface area contributed by atoms with Gasteiger partial charge in [0.1, 0.15) is 0 Å². The molecule has 0 saturated carbocycles. The van der Waals surface area contributed by atoms with E-state index < -0.39 is 0 Å². The Labute approximate surface area is 183 Å². The van der Waals surface area contributed by atoms with Gasteiger partial charge in [0.25, 0.3) is 0 Å². The third kappa shape index (κ3) is 3.94. The van der Waals surface area contributed by atoms with E-state index in [1.165, 1.54) is 11.5 Å². The quantitative estimate of drug-likeness (QED) is 0.513. The highest BCUT2D eigenvalue weighted by atomic mass is 35.5. The van der Waals surface area contributed by atoms with Crippen LogP contribution in [0, 0.1) is 0 Å². The van der Waals surface area contributed by atoms with E-state index in [1.807, 2.05) is 54.6 Å². The summed E-state index contributed by atoms with van der Waals surface area (Å²) >= 11 is 1.39. The van der Waals surface area contributed by atoms with Crippen molar-refractivity contribution in [1.29, 1.82) is 0 Å². The molecule has 1 aliphatic heterocycles. The Morgan fingerprint density at radius 1 is 1.00 bits per heavy atom. The largest absolute Gasteiger partial charge is 0.354 e. The zero-order valence-corrected chi connectivity index (χ0v) is 17.5. The van der Waals surface area contributed by atoms with Gasteiger partial charge in [-0.25, -0.2) is 4.79 Å². The molecule has 5 rings (SSSR count). The zero-order chi connectivity index (χ0) is 19.6. The van der Waals surface area contributed by atoms with Crippen molar-refractivity contribution in [2.45, 2.75) is 0 Å². The molecule has 8 nitrogen and oxygen atoms in total. The predicted octanol–water partition coefficient (Wildman–Crippen LogP) is 4.12. The molecule has 3 heterocycles. The standard InChI is InChI=1S/C20H18N6O2S.ClH/c27-19(21-18-15-8-4-5-9-16(15)28-23-18)25-10-12-26(13-11-25)20-22-17(24-29-20)14-6-2-1-3-7-14;/h1-9H,10-13H2,(H,21,23,27);1H. The Hall–Kier alpha value is -3.17. The summed E-state index contributed by atoms with van der Waals surface area (Å²) in [5.74, 6) is 1.19. The molecular formula is C20H19ClN6O2S. The molecule has 0 unspecified atom stereocenters. The third-order valence-electron chi connectivity index (χ3n) is 4.89. The first kappa shape index (κ1) is 20.1. The van der Waals surface area contributed by atoms with Crippen molar-refractivity contribution in [3.05, 3.63) is 54.6 Å². The number of anilines is 2. The highest BCUT2D eigenvalue weighted by molar-refractivity contribution is 7.09. The third-order valence-corrected chi connectivity index (χ3v) is 5.66. The first-order chi connectivity index (χ1) is 14.3. The van der Waals surface area contributed by atoms with Crippen molar-refractivity contribution < 1.29 is 9.32 Å². The number of hydrogen-bond acceptors (Lipinski definition) is 7. The van der Waals surface area contributed by atoms with Crippen LogP contribution in [0.5, 0.6) is 0 Å². The Kier molecular flexibility index (Phi) is 5.82. The number of fused-ring (bicyclic) bond motifs is 1. The molecule has 0 radical (unpaired) electrons. The van der Waals surface area contributed by atoms with Gasteiger partial charge in [-0.05, 0) is 12.1 Å². The van der Waals surface area contributed by atoms with Crippen molar-refractivity contribution in [3.63, 3.8) is 0 Å². The summed E-state index contributed by atoms with van der Waals surface area (Å²) in [4.78, 5) is 21.2. The normalized spacial score (nSPS) is 13.9. The Balaban J connectivity index is 0.00000218. The van der Waals surface area contributed by atoms with Gasteiger partial charge in [-0.3, -0.25) is 5.32 Å². The number of aromatic nitrogens is 3. The molecule has 154 valence electrons. The van der Waals surface area contributed by atoms with Gasteiger partial charge in [-0.2, -0.15) is 9.36 Å². The van der Waals surface area contributed by atoms with Crippen LogP contribution in [0.2, 0.25) is 0 Å². The van der Waals surface area contributed by atoms with Gasteiger partial charge < -0.3 is 14.3 Å². The van der Waals surface area contributed by atoms with Gasteiger partial charge in [-0.1, -0.05) is 47.6 Å². The lowest BCUT2D eigenvalue weighted by Gasteiger charge is -2.34. The molecule has 1 N–H and O–H groups in total. The van der Waals surface area contributed by atoms with Crippen LogP contribution < -0.4 is 10.2 Å². The molecule has 0 atom stereocenters. The van der Waals surface area contributed by atoms with E-state index in [0.717, 1.165) is 21.9 Å². The van der Waals surface area contributed by atoms with Crippen molar-refractivity contribution in [1.82, 2.24) is 19.4 Å². The number of para-hydroxylation sites is 1. The molecule has 10 heteroatoms. The fourth-order valence-electron chi connectivity index (χ4n) is 3.31. The number of carbonyl (C=O) groups is 1. The van der Waals surface area contributed by atoms with E-state index in [1.54, 1.807) is 4.90 Å². The summed E-state index contributed by atoms with van der Waals surface area (Å²) in [5, 5.41) is 8.49. The maximum atomic E-state index is 12.6. The number of halogens is 1. The second kappa shape index (κ2) is 8.68. The smallest absolute Gasteiger partial charge is 0.323 e. The van der Waals surface area contributed by atoms with Gasteiger partial charge in [-0.15, -0.1) is 12.4 Å². The van der Waals surface area contributed by atoms with Crippen LogP contribution in [0.25, 0.3) is 22.4 Å². The average Bonchev–Trinajstić information content (AvgIpc) is 3.43. The summed E-state index contributed by atoms with van der Waals surface area (Å²) in [6.45, 7) is 2.61. The molecule has 30 heavy (non-hydrogen) atoms. The monoisotopic (exact) mass is 442 g/mol. The lowest BCUT2D eigenvalue weighted by atomic mass is 10.2. The molecule has 2 amide bonds. The highest BCUT2D eigenvalue weighted by Crippen LogP contribution is 2.25. The average molecular weight is 443 g/mol. The van der Waals surface area contributed by atoms with Gasteiger partial charge in [0.05, 0.1) is 5.39 Å². The van der Waals surface area contributed by atoms with Crippen LogP contribution in [-0.2, 0) is 0 Å². The topological polar surface area (TPSA) is 87.4 Å². The van der Waals surface area contributed by atoms with E-state index in [2.05, 4.69) is 24.7 Å². The number of hydrogen-bond donors (Lipinski definition) is 1. The minimum absolute atomic E-state index is 0. The van der Waals surface area contributed by atoms with E-state index in [9.17, 15) is 4.79 Å². The van der Waals surface area contributed by atoms with Crippen LogP contribution in [0.3, 0.4) is 0 Å². The van der Waals surface area contributed by atoms with Gasteiger partial charge in [0.2, 0.25) is 5.13 Å². The molecule has 0 spiro atoms. The highest BCUT2D eigenvalue weighted by Gasteiger charge is 2.24. The number of urea groups is 1. The van der Waals surface area contributed by atoms with Crippen molar-refractivity contribution in [2.75, 3.05) is 36.4 Å². The predicted molar refractivity (Wildman–Crippen MR) is 119 cm³/mol. The molecular weight excluding hydrogens is 424 g/mol. The van der Waals surface area contributed by atoms with Gasteiger partial charge in [0.15, 0.2) is 17.2 Å². The van der Waals surface area contributed by atoms with Crippen LogP contribution in [0.4, 0.5) is 15.7 Å². The molecule has 0 bridgehead atoms. The van der Waals surface area contributed by atoms with Gasteiger partial charge in [0, 0.05) is 43.3 Å². The molecule has 1 saturated heterocycles. The molecule has 2 aromatic heterocycles. The first-order valence-corrected chi connectivity index (χ1v) is 10.1. The Bertz CT molecular complexity index is 1140. The molecule has 1 aliphatic rings. The minimum atomic E-state index is -0.175. The fourth-order valence-corrected chi connectivity index (χ4v) is 4.05. The second-order valence-corrected chi connectivity index (χ2v) is 7.43. The number of benzene rings is 2. The maximum absolute atomic E-state index is 12.6. The number of nitrogens with zero attached hydrogens (tertiary/aromatic N) is 5. The molecule has 1 fully saturated rings. The van der Waals surface area contributed by atoms with E-state index in [4.69, 9.17) is 4.52 Å². The van der Waals surface area contributed by atoms with E-state index in [-0.39, 0.29) is 18.4 Å². The molecule has 0 aliphatic carbocycles. The van der Waals surface area contributed by atoms with E-state index in [0.29, 0.717) is 37.6 Å². The number of rotatable bonds is 3. The lowest BCUT2D eigenvalue weighted by Crippen LogP contribution is -2.50. The summed E-state index contributed by atoms with van der Waals surface area (Å²) < 4.78 is 9.72. The summed E-state index contributed by atoms with van der Waals surface area (Å²) in [5.41, 5.74) is 1.66. The van der Waals surface area contributed by atoms with Crippen molar-refractivity contribution in [3.8, 4) is 11.4 Å². The molecule has 4 aromatic rings. The summed E-state index contributed by atoms with van der Waals surface area (Å²) in [6.07, 6.45) is 0. The Morgan fingerprint density at radius 2 is 1.73 bits per heavy atom. The van der Waals surface area contributed by atoms with Crippen LogP contribution in [0.15, 0.2) is 59.1 Å². The van der Waals surface area contributed by atoms with Gasteiger partial charge >= 0.3 is 6.03 Å². The SMILES string of the molecule is Cl.O=C(Nc1noc2ccccc12)N1CCN(c2nc(-c3ccccc3)ns2)CC1. The number of amides is 2. The summed E-state index contributed by atoms with van der Waals surface area (Å²) in [6, 6.07) is 17.2. The molecule has 2 aromatic carbocycles. The van der Waals surface area contributed by atoms with Crippen molar-refractivity contribution in [2.24, 2.45) is 0 Å². The zero-order valence-electron chi connectivity index (χ0n) is 15.9. The van der Waals surface area contributed by atoms with Crippen LogP contribution in [-0.4, -0.2) is 51.6 Å². The fraction of sp³-hybridized carbons (Fsp3) is 0.200. The number of carbonyl (C=O) groups excluding carboxylic acids is 1. The number of piperazine rings is 1. The first-order valence-electron chi connectivity index (χ1n) is 9.32. The maximum Gasteiger partial charge on any atom is 0.323 e. The summed E-state index contributed by atoms with van der Waals surface area (Å²) in [7, 11) is 0. The Morgan fingerprint density at radius 3 is 2.53 bits per heavy atom. The number of nitrogens with one attached hydrogen (secondary N) is 1. The van der Waals surface area contributed by atoms with Crippen LogP contribution >= 0.6 is 23.9 Å². The van der Waals surface area contributed by atoms with E-state index >= 15 is 0 Å². The van der Waals surface area contributed by atoms with Crippen LogP contribution in [0.1, 0.15) is 0 Å². The minimum Gasteiger partial charge on any atom is -0.354 e. The lowest BCUT2D eigenvalue weighted by molar-refractivity contribution is 0.208. The van der Waals surface area contributed by atoms with Crippen molar-refractivity contribution >= 4 is 51.9 Å².